The number of hydrogen-bond acceptors (Lipinski definition) is 2. The van der Waals surface area contributed by atoms with Crippen LogP contribution in [0.3, 0.4) is 0 Å². The zero-order chi connectivity index (χ0) is 15.9. The Hall–Kier alpha value is 0.354. The largest absolute Gasteiger partial charge is 0.325 e. The molecule has 0 aliphatic carbocycles. The van der Waals surface area contributed by atoms with Crippen LogP contribution < -0.4 is 0 Å². The van der Waals surface area contributed by atoms with Crippen LogP contribution in [-0.2, 0) is 0 Å². The van der Waals surface area contributed by atoms with Gasteiger partial charge in [-0.15, -0.1) is 0 Å². The predicted octanol–water partition coefficient (Wildman–Crippen LogP) is 2.94. The lowest BCUT2D eigenvalue weighted by Gasteiger charge is -2.38. The minimum atomic E-state index is -0.117. The highest BCUT2D eigenvalue weighted by Crippen LogP contribution is 2.16. The molecule has 20 heavy (non-hydrogen) atoms. The van der Waals surface area contributed by atoms with Crippen molar-refractivity contribution in [3.05, 3.63) is 0 Å². The van der Waals surface area contributed by atoms with Crippen LogP contribution in [0.4, 0.5) is 0 Å². The highest BCUT2D eigenvalue weighted by Gasteiger charge is 2.23. The summed E-state index contributed by atoms with van der Waals surface area (Å²) in [7, 11) is -0.235. The molecule has 0 spiro atoms. The molecule has 2 nitrogen and oxygen atoms in total. The maximum atomic E-state index is 2.84. The molecule has 0 rings (SSSR count). The van der Waals surface area contributed by atoms with Gasteiger partial charge in [-0.1, -0.05) is 62.3 Å². The summed E-state index contributed by atoms with van der Waals surface area (Å²) in [6.45, 7) is 21.5. The van der Waals surface area contributed by atoms with Gasteiger partial charge in [0.2, 0.25) is 0 Å². The van der Waals surface area contributed by atoms with Crippen molar-refractivity contribution in [1.82, 2.24) is 9.13 Å². The Morgan fingerprint density at radius 2 is 0.950 bits per heavy atom. The number of hydrogen-bond donors (Lipinski definition) is 0. The summed E-state index contributed by atoms with van der Waals surface area (Å²) in [6.07, 6.45) is 2.58. The molecule has 0 heterocycles. The van der Waals surface area contributed by atoms with Gasteiger partial charge in [-0.3, -0.25) is 0 Å². The van der Waals surface area contributed by atoms with Crippen molar-refractivity contribution in [3.8, 4) is 0 Å². The summed E-state index contributed by atoms with van der Waals surface area (Å²) in [5.74, 6) is 0. The summed E-state index contributed by atoms with van der Waals surface area (Å²) in [5, 5.41) is 1.00. The second-order valence-corrected chi connectivity index (χ2v) is 13.3. The molecule has 0 N–H and O–H groups in total. The van der Waals surface area contributed by atoms with Gasteiger partial charge in [0.05, 0.1) is 19.4 Å². The molecule has 0 aromatic rings. The topological polar surface area (TPSA) is 6.48 Å². The molecule has 0 saturated heterocycles. The molecule has 0 fully saturated rings. The van der Waals surface area contributed by atoms with Gasteiger partial charge in [0.15, 0.2) is 0 Å². The van der Waals surface area contributed by atoms with Crippen molar-refractivity contribution >= 4 is 19.4 Å². The first-order chi connectivity index (χ1) is 9.24. The smallest absolute Gasteiger partial charge is 0.0966 e. The van der Waals surface area contributed by atoms with Crippen LogP contribution in [-0.4, -0.2) is 52.7 Å². The summed E-state index contributed by atoms with van der Waals surface area (Å²) in [5.41, 5.74) is 0. The number of nitrogens with zero attached hydrogens (tertiary/aromatic N) is 2. The predicted molar refractivity (Wildman–Crippen MR) is 100.0 cm³/mol. The van der Waals surface area contributed by atoms with Crippen LogP contribution in [0.25, 0.3) is 0 Å². The highest BCUT2D eigenvalue weighted by molar-refractivity contribution is 6.55. The minimum absolute atomic E-state index is 0.117. The second kappa shape index (κ2) is 10.1. The molecule has 122 valence electrons. The summed E-state index contributed by atoms with van der Waals surface area (Å²) >= 11 is 0. The molecule has 0 aliphatic heterocycles. The van der Waals surface area contributed by atoms with E-state index in [1.807, 2.05) is 0 Å². The van der Waals surface area contributed by atoms with Gasteiger partial charge >= 0.3 is 0 Å². The third kappa shape index (κ3) is 6.88. The van der Waals surface area contributed by atoms with Crippen LogP contribution in [0.2, 0.25) is 5.16 Å². The van der Waals surface area contributed by atoms with E-state index in [0.29, 0.717) is 0 Å². The van der Waals surface area contributed by atoms with E-state index in [4.69, 9.17) is 0 Å². The molecule has 0 amide bonds. The Bertz CT molecular complexity index is 223. The monoisotopic (exact) mass is 316 g/mol. The van der Waals surface area contributed by atoms with E-state index in [-0.39, 0.29) is 19.4 Å². The molecular formula is C16H40N2Si2. The Morgan fingerprint density at radius 1 is 0.650 bits per heavy atom. The fourth-order valence-electron chi connectivity index (χ4n) is 3.05. The minimum Gasteiger partial charge on any atom is -0.325 e. The van der Waals surface area contributed by atoms with E-state index in [2.05, 4.69) is 71.4 Å². The van der Waals surface area contributed by atoms with E-state index >= 15 is 0 Å². The van der Waals surface area contributed by atoms with E-state index < -0.39 is 0 Å². The molecule has 0 radical (unpaired) electrons. The zero-order valence-corrected chi connectivity index (χ0v) is 18.4. The molecule has 0 bridgehead atoms. The molecule has 0 saturated carbocycles. The second-order valence-electron chi connectivity index (χ2n) is 7.20. The van der Waals surface area contributed by atoms with Crippen molar-refractivity contribution < 1.29 is 0 Å². The van der Waals surface area contributed by atoms with Crippen molar-refractivity contribution in [3.63, 3.8) is 0 Å². The van der Waals surface area contributed by atoms with Crippen molar-refractivity contribution in [2.75, 3.05) is 0 Å². The first-order valence-corrected chi connectivity index (χ1v) is 11.7. The van der Waals surface area contributed by atoms with Crippen molar-refractivity contribution in [1.29, 1.82) is 0 Å². The number of rotatable bonds is 10. The van der Waals surface area contributed by atoms with Gasteiger partial charge in [-0.2, -0.15) is 0 Å². The van der Waals surface area contributed by atoms with Gasteiger partial charge in [-0.25, -0.2) is 0 Å². The Kier molecular flexibility index (Phi) is 10.3. The van der Waals surface area contributed by atoms with E-state index in [0.717, 1.165) is 29.3 Å². The zero-order valence-electron chi connectivity index (χ0n) is 15.6. The lowest BCUT2D eigenvalue weighted by Crippen LogP contribution is -2.48. The van der Waals surface area contributed by atoms with E-state index in [9.17, 15) is 0 Å². The maximum Gasteiger partial charge on any atom is 0.0966 e. The van der Waals surface area contributed by atoms with Crippen LogP contribution in [0.5, 0.6) is 0 Å². The Labute approximate surface area is 133 Å². The van der Waals surface area contributed by atoms with Gasteiger partial charge < -0.3 is 9.13 Å². The first kappa shape index (κ1) is 20.4. The third-order valence-electron chi connectivity index (χ3n) is 4.69. The SMILES string of the molecule is CCC(C)N([SiH2]C(C)[SiH2]N(C(C)C)C(C)CC)C(C)C. The molecule has 0 aromatic carbocycles. The molecule has 0 aliphatic rings. The third-order valence-corrected chi connectivity index (χ3v) is 11.0. The summed E-state index contributed by atoms with van der Waals surface area (Å²) in [4.78, 5) is 0. The average molecular weight is 317 g/mol. The fraction of sp³-hybridized carbons (Fsp3) is 1.00. The maximum absolute atomic E-state index is 2.84. The van der Waals surface area contributed by atoms with Crippen LogP contribution in [0, 0.1) is 0 Å². The van der Waals surface area contributed by atoms with Crippen molar-refractivity contribution in [2.45, 2.75) is 104 Å². The molecule has 2 unspecified atom stereocenters. The van der Waals surface area contributed by atoms with Crippen molar-refractivity contribution in [2.24, 2.45) is 0 Å². The van der Waals surface area contributed by atoms with Crippen LogP contribution in [0.1, 0.15) is 75.2 Å². The van der Waals surface area contributed by atoms with Gasteiger partial charge in [0.1, 0.15) is 0 Å². The van der Waals surface area contributed by atoms with Crippen LogP contribution >= 0.6 is 0 Å². The van der Waals surface area contributed by atoms with E-state index in [1.54, 1.807) is 0 Å². The molecule has 4 heteroatoms. The Morgan fingerprint density at radius 3 is 1.15 bits per heavy atom. The molecule has 2 atom stereocenters. The first-order valence-electron chi connectivity index (χ1n) is 8.75. The van der Waals surface area contributed by atoms with Gasteiger partial charge in [0.25, 0.3) is 0 Å². The van der Waals surface area contributed by atoms with Gasteiger partial charge in [-0.05, 0) is 42.2 Å². The normalized spacial score (nSPS) is 18.4. The lowest BCUT2D eigenvalue weighted by molar-refractivity contribution is 0.279. The summed E-state index contributed by atoms with van der Waals surface area (Å²) < 4.78 is 5.68. The average Bonchev–Trinajstić information content (AvgIpc) is 2.39. The lowest BCUT2D eigenvalue weighted by atomic mass is 10.2. The standard InChI is InChI=1S/C16H40N2Si2/c1-10-14(7)17(12(3)4)19-16(9)20-18(13(5)6)15(8)11-2/h12-16H,10-11,19-20H2,1-9H3. The quantitative estimate of drug-likeness (QED) is 0.572. The Balaban J connectivity index is 4.60. The molecular weight excluding hydrogens is 276 g/mol. The molecule has 0 aromatic heterocycles. The van der Waals surface area contributed by atoms with Crippen LogP contribution in [0.15, 0.2) is 0 Å². The summed E-state index contributed by atoms with van der Waals surface area (Å²) in [6, 6.07) is 3.00. The van der Waals surface area contributed by atoms with Gasteiger partial charge in [0, 0.05) is 0 Å². The fourth-order valence-corrected chi connectivity index (χ4v) is 8.82. The van der Waals surface area contributed by atoms with E-state index in [1.165, 1.54) is 12.8 Å². The highest BCUT2D eigenvalue weighted by atomic mass is 28.3.